The molecule has 0 unspecified atom stereocenters. The maximum atomic E-state index is 12.8. The summed E-state index contributed by atoms with van der Waals surface area (Å²) < 4.78 is 7.35. The molecule has 1 aromatic heterocycles. The number of rotatable bonds is 8. The van der Waals surface area contributed by atoms with Crippen molar-refractivity contribution in [3.05, 3.63) is 69.0 Å². The van der Waals surface area contributed by atoms with Crippen molar-refractivity contribution in [3.63, 3.8) is 0 Å². The Hall–Kier alpha value is -2.87. The predicted molar refractivity (Wildman–Crippen MR) is 110 cm³/mol. The van der Waals surface area contributed by atoms with Gasteiger partial charge in [0.15, 0.2) is 5.16 Å². The molecule has 0 saturated carbocycles. The van der Waals surface area contributed by atoms with Gasteiger partial charge in [0.25, 0.3) is 11.2 Å². The first-order valence-corrected chi connectivity index (χ1v) is 9.97. The number of para-hydroxylation sites is 1. The van der Waals surface area contributed by atoms with Crippen LogP contribution >= 0.6 is 11.8 Å². The van der Waals surface area contributed by atoms with Crippen LogP contribution in [0.5, 0.6) is 5.75 Å². The van der Waals surface area contributed by atoms with Gasteiger partial charge in [-0.25, -0.2) is 4.98 Å². The van der Waals surface area contributed by atoms with Gasteiger partial charge in [0.2, 0.25) is 0 Å². The van der Waals surface area contributed by atoms with Gasteiger partial charge in [-0.3, -0.25) is 19.5 Å². The third-order valence-electron chi connectivity index (χ3n) is 4.13. The van der Waals surface area contributed by atoms with Crippen LogP contribution in [0.25, 0.3) is 10.9 Å². The van der Waals surface area contributed by atoms with Gasteiger partial charge in [-0.1, -0.05) is 23.9 Å². The van der Waals surface area contributed by atoms with E-state index in [1.165, 1.54) is 23.9 Å². The van der Waals surface area contributed by atoms with E-state index in [1.54, 1.807) is 22.8 Å². The Bertz CT molecular complexity index is 1030. The molecule has 8 heteroatoms. The maximum absolute atomic E-state index is 12.8. The van der Waals surface area contributed by atoms with Crippen LogP contribution in [-0.4, -0.2) is 26.8 Å². The fourth-order valence-electron chi connectivity index (χ4n) is 2.76. The fraction of sp³-hybridized carbons (Fsp3) is 0.300. The highest BCUT2D eigenvalue weighted by Crippen LogP contribution is 2.22. The molecule has 0 aliphatic rings. The van der Waals surface area contributed by atoms with Crippen molar-refractivity contribution in [2.24, 2.45) is 0 Å². The summed E-state index contributed by atoms with van der Waals surface area (Å²) in [7, 11) is 0. The Morgan fingerprint density at radius 3 is 2.57 bits per heavy atom. The lowest BCUT2D eigenvalue weighted by molar-refractivity contribution is -0.384. The SMILES string of the molecule is CC(C)n1c(SCCCOc2ccc([N+](=O)[O-])cc2)nc2ccccc2c1=O. The quantitative estimate of drug-likeness (QED) is 0.183. The van der Waals surface area contributed by atoms with E-state index in [9.17, 15) is 14.9 Å². The molecule has 0 amide bonds. The number of aromatic nitrogens is 2. The highest BCUT2D eigenvalue weighted by molar-refractivity contribution is 7.99. The lowest BCUT2D eigenvalue weighted by Gasteiger charge is -2.16. The molecule has 0 saturated heterocycles. The number of hydrogen-bond acceptors (Lipinski definition) is 6. The normalized spacial score (nSPS) is 11.1. The van der Waals surface area contributed by atoms with Gasteiger partial charge < -0.3 is 4.74 Å². The summed E-state index contributed by atoms with van der Waals surface area (Å²) >= 11 is 1.53. The fourth-order valence-corrected chi connectivity index (χ4v) is 3.80. The van der Waals surface area contributed by atoms with Gasteiger partial charge >= 0.3 is 0 Å². The van der Waals surface area contributed by atoms with E-state index >= 15 is 0 Å². The summed E-state index contributed by atoms with van der Waals surface area (Å²) in [5.41, 5.74) is 0.719. The Morgan fingerprint density at radius 1 is 1.18 bits per heavy atom. The average Bonchev–Trinajstić information content (AvgIpc) is 2.68. The molecular weight excluding hydrogens is 378 g/mol. The van der Waals surface area contributed by atoms with Gasteiger partial charge in [0.1, 0.15) is 5.75 Å². The molecule has 0 fully saturated rings. The molecule has 0 radical (unpaired) electrons. The molecule has 0 aliphatic heterocycles. The van der Waals surface area contributed by atoms with Crippen molar-refractivity contribution in [3.8, 4) is 5.75 Å². The number of ether oxygens (including phenoxy) is 1. The topological polar surface area (TPSA) is 87.3 Å². The highest BCUT2D eigenvalue weighted by atomic mass is 32.2. The van der Waals surface area contributed by atoms with Crippen LogP contribution in [0.4, 0.5) is 5.69 Å². The number of benzene rings is 2. The molecule has 0 spiro atoms. The van der Waals surface area contributed by atoms with Gasteiger partial charge in [-0.15, -0.1) is 0 Å². The standard InChI is InChI=1S/C20H21N3O4S/c1-14(2)22-19(24)17-6-3-4-7-18(17)21-20(22)28-13-5-12-27-16-10-8-15(9-11-16)23(25)26/h3-4,6-11,14H,5,12-13H2,1-2H3. The Kier molecular flexibility index (Phi) is 6.30. The van der Waals surface area contributed by atoms with Gasteiger partial charge in [-0.05, 0) is 44.5 Å². The van der Waals surface area contributed by atoms with Crippen LogP contribution < -0.4 is 10.3 Å². The summed E-state index contributed by atoms with van der Waals surface area (Å²) in [6.07, 6.45) is 0.752. The highest BCUT2D eigenvalue weighted by Gasteiger charge is 2.13. The Balaban J connectivity index is 1.61. The van der Waals surface area contributed by atoms with Crippen LogP contribution in [0.1, 0.15) is 26.3 Å². The molecule has 7 nitrogen and oxygen atoms in total. The maximum Gasteiger partial charge on any atom is 0.269 e. The van der Waals surface area contributed by atoms with Gasteiger partial charge in [-0.2, -0.15) is 0 Å². The summed E-state index contributed by atoms with van der Waals surface area (Å²) in [6.45, 7) is 4.42. The molecular formula is C20H21N3O4S. The molecule has 3 rings (SSSR count). The van der Waals surface area contributed by atoms with Crippen LogP contribution in [0.3, 0.4) is 0 Å². The predicted octanol–water partition coefficient (Wildman–Crippen LogP) is 4.45. The Morgan fingerprint density at radius 2 is 1.89 bits per heavy atom. The number of nitrogens with zero attached hydrogens (tertiary/aromatic N) is 3. The van der Waals surface area contributed by atoms with Crippen LogP contribution in [-0.2, 0) is 0 Å². The minimum atomic E-state index is -0.439. The lowest BCUT2D eigenvalue weighted by atomic mass is 10.2. The molecule has 3 aromatic rings. The molecule has 0 bridgehead atoms. The monoisotopic (exact) mass is 399 g/mol. The second kappa shape index (κ2) is 8.88. The van der Waals surface area contributed by atoms with Crippen LogP contribution in [0, 0.1) is 10.1 Å². The van der Waals surface area contributed by atoms with E-state index in [-0.39, 0.29) is 17.3 Å². The van der Waals surface area contributed by atoms with Gasteiger partial charge in [0.05, 0.1) is 22.4 Å². The minimum absolute atomic E-state index is 0.0171. The second-order valence-corrected chi connectivity index (χ2v) is 7.54. The first-order valence-electron chi connectivity index (χ1n) is 8.98. The average molecular weight is 399 g/mol. The van der Waals surface area contributed by atoms with Crippen molar-refractivity contribution >= 4 is 28.4 Å². The molecule has 0 aliphatic carbocycles. The molecule has 2 aromatic carbocycles. The molecule has 1 heterocycles. The van der Waals surface area contributed by atoms with Crippen molar-refractivity contribution in [1.29, 1.82) is 0 Å². The molecule has 0 N–H and O–H groups in total. The third-order valence-corrected chi connectivity index (χ3v) is 5.17. The Labute approximate surface area is 166 Å². The lowest BCUT2D eigenvalue weighted by Crippen LogP contribution is -2.25. The zero-order valence-electron chi connectivity index (χ0n) is 15.7. The van der Waals surface area contributed by atoms with Crippen LogP contribution in [0.2, 0.25) is 0 Å². The zero-order valence-corrected chi connectivity index (χ0v) is 16.5. The van der Waals surface area contributed by atoms with Gasteiger partial charge in [0, 0.05) is 23.9 Å². The minimum Gasteiger partial charge on any atom is -0.494 e. The van der Waals surface area contributed by atoms with Crippen molar-refractivity contribution in [2.75, 3.05) is 12.4 Å². The summed E-state index contributed by atoms with van der Waals surface area (Å²) in [5.74, 6) is 1.34. The first kappa shape index (κ1) is 19.9. The number of non-ortho nitro benzene ring substituents is 1. The van der Waals surface area contributed by atoms with E-state index in [0.29, 0.717) is 28.4 Å². The largest absolute Gasteiger partial charge is 0.494 e. The molecule has 28 heavy (non-hydrogen) atoms. The number of hydrogen-bond donors (Lipinski definition) is 0. The number of fused-ring (bicyclic) bond motifs is 1. The summed E-state index contributed by atoms with van der Waals surface area (Å²) in [6, 6.07) is 13.4. The van der Waals surface area contributed by atoms with Crippen molar-refractivity contribution in [2.45, 2.75) is 31.5 Å². The smallest absolute Gasteiger partial charge is 0.269 e. The number of nitro groups is 1. The molecule has 146 valence electrons. The first-order chi connectivity index (χ1) is 13.5. The number of thioether (sulfide) groups is 1. The van der Waals surface area contributed by atoms with E-state index < -0.39 is 4.92 Å². The number of nitro benzene ring substituents is 1. The summed E-state index contributed by atoms with van der Waals surface area (Å²) in [4.78, 5) is 27.7. The third kappa shape index (κ3) is 4.51. The summed E-state index contributed by atoms with van der Waals surface area (Å²) in [5, 5.41) is 12.0. The van der Waals surface area contributed by atoms with Crippen molar-refractivity contribution < 1.29 is 9.66 Å². The van der Waals surface area contributed by atoms with E-state index in [0.717, 1.165) is 12.2 Å². The molecule has 0 atom stereocenters. The zero-order chi connectivity index (χ0) is 20.1. The van der Waals surface area contributed by atoms with E-state index in [4.69, 9.17) is 4.74 Å². The van der Waals surface area contributed by atoms with Crippen LogP contribution in [0.15, 0.2) is 58.5 Å². The van der Waals surface area contributed by atoms with E-state index in [1.807, 2.05) is 32.0 Å². The van der Waals surface area contributed by atoms with E-state index in [2.05, 4.69) is 4.98 Å². The second-order valence-electron chi connectivity index (χ2n) is 6.48. The van der Waals surface area contributed by atoms with Crippen molar-refractivity contribution in [1.82, 2.24) is 9.55 Å².